The van der Waals surface area contributed by atoms with E-state index in [9.17, 15) is 4.79 Å². The molecule has 0 spiro atoms. The molecule has 2 fully saturated rings. The molecule has 0 aromatic heterocycles. The van der Waals surface area contributed by atoms with Crippen molar-refractivity contribution in [1.82, 2.24) is 10.2 Å². The summed E-state index contributed by atoms with van der Waals surface area (Å²) in [6, 6.07) is 18.7. The number of nitrogens with one attached hydrogen (secondary N) is 1. The highest BCUT2D eigenvalue weighted by atomic mass is 16.5. The number of benzene rings is 2. The Morgan fingerprint density at radius 3 is 2.72 bits per heavy atom. The number of methoxy groups -OCH3 is 1. The molecule has 4 nitrogen and oxygen atoms in total. The number of carbonyl (C=O) groups is 1. The summed E-state index contributed by atoms with van der Waals surface area (Å²) in [6.45, 7) is 2.67. The van der Waals surface area contributed by atoms with E-state index >= 15 is 0 Å². The zero-order valence-electron chi connectivity index (χ0n) is 14.5. The van der Waals surface area contributed by atoms with Gasteiger partial charge in [0.1, 0.15) is 5.75 Å². The number of hydrogen-bond acceptors (Lipinski definition) is 3. The average molecular weight is 336 g/mol. The second kappa shape index (κ2) is 6.89. The van der Waals surface area contributed by atoms with Crippen molar-refractivity contribution in [2.24, 2.45) is 5.92 Å². The van der Waals surface area contributed by atoms with Gasteiger partial charge in [-0.3, -0.25) is 4.79 Å². The van der Waals surface area contributed by atoms with Crippen molar-refractivity contribution in [3.05, 3.63) is 65.7 Å². The van der Waals surface area contributed by atoms with E-state index in [-0.39, 0.29) is 5.91 Å². The summed E-state index contributed by atoms with van der Waals surface area (Å²) in [4.78, 5) is 14.4. The molecular formula is C21H24N2O2. The SMILES string of the molecule is COc1cccc(C(=O)N2CC(CN[C@H]3CC3c3ccccc3)C2)c1. The lowest BCUT2D eigenvalue weighted by molar-refractivity contribution is 0.0500. The third-order valence-corrected chi connectivity index (χ3v) is 5.25. The number of carbonyl (C=O) groups excluding carboxylic acids is 1. The molecular weight excluding hydrogens is 312 g/mol. The minimum absolute atomic E-state index is 0.101. The topological polar surface area (TPSA) is 41.6 Å². The van der Waals surface area contributed by atoms with Crippen molar-refractivity contribution >= 4 is 5.91 Å². The smallest absolute Gasteiger partial charge is 0.254 e. The summed E-state index contributed by atoms with van der Waals surface area (Å²) in [5.41, 5.74) is 2.14. The normalized spacial score (nSPS) is 22.4. The molecule has 1 heterocycles. The molecule has 4 rings (SSSR count). The molecule has 0 bridgehead atoms. The number of likely N-dealkylation sites (tertiary alicyclic amines) is 1. The molecule has 2 aliphatic rings. The predicted octanol–water partition coefficient (Wildman–Crippen LogP) is 2.91. The fourth-order valence-corrected chi connectivity index (χ4v) is 3.61. The fourth-order valence-electron chi connectivity index (χ4n) is 3.61. The van der Waals surface area contributed by atoms with Crippen molar-refractivity contribution in [3.8, 4) is 5.75 Å². The third kappa shape index (κ3) is 3.54. The molecule has 2 aromatic carbocycles. The monoisotopic (exact) mass is 336 g/mol. The maximum atomic E-state index is 12.5. The summed E-state index contributed by atoms with van der Waals surface area (Å²) in [5, 5.41) is 3.67. The largest absolute Gasteiger partial charge is 0.497 e. The molecule has 1 aliphatic carbocycles. The molecule has 130 valence electrons. The second-order valence-corrected chi connectivity index (χ2v) is 7.08. The number of rotatable bonds is 6. The predicted molar refractivity (Wildman–Crippen MR) is 98.0 cm³/mol. The van der Waals surface area contributed by atoms with Crippen LogP contribution in [0.1, 0.15) is 28.3 Å². The molecule has 4 heteroatoms. The summed E-state index contributed by atoms with van der Waals surface area (Å²) in [7, 11) is 1.62. The van der Waals surface area contributed by atoms with Gasteiger partial charge in [0.05, 0.1) is 7.11 Å². The lowest BCUT2D eigenvalue weighted by atomic mass is 9.98. The van der Waals surface area contributed by atoms with Crippen molar-refractivity contribution in [1.29, 1.82) is 0 Å². The maximum absolute atomic E-state index is 12.5. The number of nitrogens with zero attached hydrogens (tertiary/aromatic N) is 1. The maximum Gasteiger partial charge on any atom is 0.254 e. The van der Waals surface area contributed by atoms with Crippen molar-refractivity contribution in [2.75, 3.05) is 26.7 Å². The molecule has 1 aliphatic heterocycles. The molecule has 25 heavy (non-hydrogen) atoms. The van der Waals surface area contributed by atoms with E-state index in [2.05, 4.69) is 35.6 Å². The van der Waals surface area contributed by atoms with Crippen LogP contribution >= 0.6 is 0 Å². The molecule has 1 amide bonds. The van der Waals surface area contributed by atoms with E-state index < -0.39 is 0 Å². The van der Waals surface area contributed by atoms with Gasteiger partial charge in [-0.15, -0.1) is 0 Å². The number of amides is 1. The van der Waals surface area contributed by atoms with E-state index in [1.807, 2.05) is 29.2 Å². The van der Waals surface area contributed by atoms with E-state index in [0.29, 0.717) is 23.4 Å². The number of hydrogen-bond donors (Lipinski definition) is 1. The van der Waals surface area contributed by atoms with Crippen LogP contribution in [0.15, 0.2) is 54.6 Å². The van der Waals surface area contributed by atoms with Crippen LogP contribution in [-0.2, 0) is 0 Å². The van der Waals surface area contributed by atoms with Crippen LogP contribution in [0.4, 0.5) is 0 Å². The van der Waals surface area contributed by atoms with Gasteiger partial charge < -0.3 is 15.0 Å². The van der Waals surface area contributed by atoms with Crippen LogP contribution < -0.4 is 10.1 Å². The van der Waals surface area contributed by atoms with Crippen molar-refractivity contribution in [3.63, 3.8) is 0 Å². The fraction of sp³-hybridized carbons (Fsp3) is 0.381. The highest BCUT2D eigenvalue weighted by molar-refractivity contribution is 5.95. The van der Waals surface area contributed by atoms with Gasteiger partial charge in [0.2, 0.25) is 0 Å². The lowest BCUT2D eigenvalue weighted by Crippen LogP contribution is -2.53. The quantitative estimate of drug-likeness (QED) is 0.882. The summed E-state index contributed by atoms with van der Waals surface area (Å²) >= 11 is 0. The van der Waals surface area contributed by atoms with Crippen LogP contribution in [0, 0.1) is 5.92 Å². The van der Waals surface area contributed by atoms with Gasteiger partial charge in [-0.25, -0.2) is 0 Å². The van der Waals surface area contributed by atoms with E-state index in [1.165, 1.54) is 12.0 Å². The Morgan fingerprint density at radius 1 is 1.16 bits per heavy atom. The Bertz CT molecular complexity index is 741. The van der Waals surface area contributed by atoms with E-state index in [4.69, 9.17) is 4.74 Å². The van der Waals surface area contributed by atoms with Gasteiger partial charge in [-0.2, -0.15) is 0 Å². The van der Waals surface area contributed by atoms with Crippen LogP contribution in [-0.4, -0.2) is 43.6 Å². The van der Waals surface area contributed by atoms with Gasteiger partial charge in [0.15, 0.2) is 0 Å². The molecule has 1 N–H and O–H groups in total. The molecule has 1 saturated heterocycles. The molecule has 1 saturated carbocycles. The Balaban J connectivity index is 1.21. The standard InChI is InChI=1S/C21H24N2O2/c1-25-18-9-5-8-17(10-18)21(24)23-13-15(14-23)12-22-20-11-19(20)16-6-3-2-4-7-16/h2-10,15,19-20,22H,11-14H2,1H3/t19?,20-/m0/s1. The average Bonchev–Trinajstić information content (AvgIpc) is 3.40. The Labute approximate surface area is 148 Å². The summed E-state index contributed by atoms with van der Waals surface area (Å²) in [6.07, 6.45) is 1.23. The Kier molecular flexibility index (Phi) is 4.45. The van der Waals surface area contributed by atoms with E-state index in [1.54, 1.807) is 7.11 Å². The Morgan fingerprint density at radius 2 is 1.96 bits per heavy atom. The zero-order chi connectivity index (χ0) is 17.2. The highest BCUT2D eigenvalue weighted by Gasteiger charge is 2.39. The third-order valence-electron chi connectivity index (χ3n) is 5.25. The van der Waals surface area contributed by atoms with Gasteiger partial charge in [-0.1, -0.05) is 36.4 Å². The second-order valence-electron chi connectivity index (χ2n) is 7.08. The van der Waals surface area contributed by atoms with Crippen molar-refractivity contribution in [2.45, 2.75) is 18.4 Å². The Hall–Kier alpha value is -2.33. The summed E-state index contributed by atoms with van der Waals surface area (Å²) < 4.78 is 5.20. The van der Waals surface area contributed by atoms with Crippen molar-refractivity contribution < 1.29 is 9.53 Å². The minimum atomic E-state index is 0.101. The van der Waals surface area contributed by atoms with E-state index in [0.717, 1.165) is 25.4 Å². The van der Waals surface area contributed by atoms with Crippen LogP contribution in [0.5, 0.6) is 5.75 Å². The molecule has 1 unspecified atom stereocenters. The first kappa shape index (κ1) is 16.2. The zero-order valence-corrected chi connectivity index (χ0v) is 14.5. The van der Waals surface area contributed by atoms with Crippen LogP contribution in [0.25, 0.3) is 0 Å². The first-order chi connectivity index (χ1) is 12.2. The van der Waals surface area contributed by atoms with Gasteiger partial charge in [0, 0.05) is 43.1 Å². The first-order valence-electron chi connectivity index (χ1n) is 8.96. The molecule has 2 atom stereocenters. The minimum Gasteiger partial charge on any atom is -0.497 e. The van der Waals surface area contributed by atoms with Crippen LogP contribution in [0.3, 0.4) is 0 Å². The van der Waals surface area contributed by atoms with Gasteiger partial charge >= 0.3 is 0 Å². The van der Waals surface area contributed by atoms with Gasteiger partial charge in [0.25, 0.3) is 5.91 Å². The van der Waals surface area contributed by atoms with Crippen LogP contribution in [0.2, 0.25) is 0 Å². The summed E-state index contributed by atoms with van der Waals surface area (Å²) in [5.74, 6) is 2.05. The molecule has 0 radical (unpaired) electrons. The first-order valence-corrected chi connectivity index (χ1v) is 8.96. The highest BCUT2D eigenvalue weighted by Crippen LogP contribution is 2.40. The van der Waals surface area contributed by atoms with Gasteiger partial charge in [-0.05, 0) is 30.2 Å². The molecule has 2 aromatic rings. The lowest BCUT2D eigenvalue weighted by Gasteiger charge is -2.39. The number of ether oxygens (including phenoxy) is 1.